The molecule has 3 heteroatoms. The molecule has 0 saturated heterocycles. The van der Waals surface area contributed by atoms with Crippen LogP contribution in [0.25, 0.3) is 66.1 Å². The zero-order valence-corrected chi connectivity index (χ0v) is 33.1. The maximum Gasteiger partial charge on any atom is 0.0541 e. The van der Waals surface area contributed by atoms with E-state index in [1.54, 1.807) is 0 Å². The smallest absolute Gasteiger partial charge is 0.0541 e. The summed E-state index contributed by atoms with van der Waals surface area (Å²) in [6, 6.07) is 80.2. The molecule has 11 aromatic rings. The molecule has 0 radical (unpaired) electrons. The van der Waals surface area contributed by atoms with Crippen LogP contribution in [0.5, 0.6) is 0 Å². The fourth-order valence-corrected chi connectivity index (χ4v) is 10.0. The number of aromatic nitrogens is 2. The predicted octanol–water partition coefficient (Wildman–Crippen LogP) is 14.9. The lowest BCUT2D eigenvalue weighted by atomic mass is 9.76. The topological polar surface area (TPSA) is 13.1 Å². The highest BCUT2D eigenvalue weighted by Crippen LogP contribution is 2.42. The Morgan fingerprint density at radius 1 is 0.367 bits per heavy atom. The highest BCUT2D eigenvalue weighted by molar-refractivity contribution is 6.10. The van der Waals surface area contributed by atoms with Gasteiger partial charge in [-0.25, -0.2) is 0 Å². The van der Waals surface area contributed by atoms with Gasteiger partial charge in [0.25, 0.3) is 0 Å². The van der Waals surface area contributed by atoms with E-state index in [2.05, 4.69) is 232 Å². The standard InChI is InChI=1S/C57H41N3/c1-2-14-47-40(13-1)38-41(48-15-3-4-16-49(47)48)37-39-25-27-42(28-26-39)58(43-29-33-45(34-30-43)59-54-21-9-5-17-50(54)51-18-6-10-22-55(51)59)44-31-35-46(36-32-44)60-56-23-11-7-19-52(56)53-20-8-12-24-57(53)60/h1-36,41H,37-38H2. The first-order chi connectivity index (χ1) is 29.8. The van der Waals surface area contributed by atoms with Crippen molar-refractivity contribution < 1.29 is 0 Å². The van der Waals surface area contributed by atoms with E-state index in [4.69, 9.17) is 0 Å². The van der Waals surface area contributed by atoms with Crippen LogP contribution in [0.3, 0.4) is 0 Å². The number of hydrogen-bond acceptors (Lipinski definition) is 1. The summed E-state index contributed by atoms with van der Waals surface area (Å²) in [7, 11) is 0. The molecule has 9 aromatic carbocycles. The highest BCUT2D eigenvalue weighted by atomic mass is 15.1. The molecule has 1 aliphatic rings. The van der Waals surface area contributed by atoms with Crippen molar-refractivity contribution >= 4 is 60.7 Å². The first-order valence-electron chi connectivity index (χ1n) is 21.0. The molecule has 60 heavy (non-hydrogen) atoms. The second kappa shape index (κ2) is 14.0. The van der Waals surface area contributed by atoms with Crippen LogP contribution >= 0.6 is 0 Å². The van der Waals surface area contributed by atoms with Gasteiger partial charge in [0.2, 0.25) is 0 Å². The molecular formula is C57H41N3. The molecule has 284 valence electrons. The summed E-state index contributed by atoms with van der Waals surface area (Å²) < 4.78 is 4.77. The first-order valence-corrected chi connectivity index (χ1v) is 21.0. The average Bonchev–Trinajstić information content (AvgIpc) is 3.83. The van der Waals surface area contributed by atoms with E-state index < -0.39 is 0 Å². The minimum absolute atomic E-state index is 0.430. The van der Waals surface area contributed by atoms with E-state index in [1.807, 2.05) is 0 Å². The van der Waals surface area contributed by atoms with Gasteiger partial charge in [-0.05, 0) is 132 Å². The van der Waals surface area contributed by atoms with Gasteiger partial charge in [0.15, 0.2) is 0 Å². The molecular weight excluding hydrogens is 727 g/mol. The van der Waals surface area contributed by atoms with Gasteiger partial charge in [-0.1, -0.05) is 133 Å². The molecule has 0 saturated carbocycles. The monoisotopic (exact) mass is 767 g/mol. The van der Waals surface area contributed by atoms with Crippen molar-refractivity contribution in [1.82, 2.24) is 9.13 Å². The lowest BCUT2D eigenvalue weighted by Crippen LogP contribution is -2.14. The SMILES string of the molecule is c1ccc2c(c1)CC(Cc1ccc(N(c3ccc(-n4c5ccccc5c5ccccc54)cc3)c3ccc(-n4c5ccccc5c5ccccc54)cc3)cc1)c1ccccc1-2. The fraction of sp³-hybridized carbons (Fsp3) is 0.0526. The van der Waals surface area contributed by atoms with E-state index in [9.17, 15) is 0 Å². The van der Waals surface area contributed by atoms with Gasteiger partial charge >= 0.3 is 0 Å². The van der Waals surface area contributed by atoms with Crippen LogP contribution in [0.15, 0.2) is 218 Å². The third kappa shape index (κ3) is 5.58. The third-order valence-corrected chi connectivity index (χ3v) is 12.7. The van der Waals surface area contributed by atoms with Gasteiger partial charge in [0, 0.05) is 50.0 Å². The molecule has 12 rings (SSSR count). The van der Waals surface area contributed by atoms with Crippen LogP contribution < -0.4 is 4.90 Å². The summed E-state index contributed by atoms with van der Waals surface area (Å²) in [5.41, 5.74) is 17.5. The highest BCUT2D eigenvalue weighted by Gasteiger charge is 2.25. The number of fused-ring (bicyclic) bond motifs is 9. The fourth-order valence-electron chi connectivity index (χ4n) is 10.0. The minimum atomic E-state index is 0.430. The molecule has 3 nitrogen and oxygen atoms in total. The third-order valence-electron chi connectivity index (χ3n) is 12.7. The predicted molar refractivity (Wildman–Crippen MR) is 252 cm³/mol. The average molecular weight is 768 g/mol. The van der Waals surface area contributed by atoms with Gasteiger partial charge in [0.1, 0.15) is 0 Å². The number of para-hydroxylation sites is 4. The van der Waals surface area contributed by atoms with Crippen molar-refractivity contribution in [3.63, 3.8) is 0 Å². The molecule has 1 atom stereocenters. The Balaban J connectivity index is 0.935. The Morgan fingerprint density at radius 2 is 0.750 bits per heavy atom. The zero-order valence-electron chi connectivity index (χ0n) is 33.1. The Kier molecular flexibility index (Phi) is 8.05. The van der Waals surface area contributed by atoms with Gasteiger partial charge < -0.3 is 14.0 Å². The quantitative estimate of drug-likeness (QED) is 0.157. The van der Waals surface area contributed by atoms with Gasteiger partial charge in [-0.15, -0.1) is 0 Å². The zero-order chi connectivity index (χ0) is 39.6. The van der Waals surface area contributed by atoms with Crippen molar-refractivity contribution in [2.75, 3.05) is 4.90 Å². The van der Waals surface area contributed by atoms with Crippen LogP contribution in [-0.4, -0.2) is 9.13 Å². The van der Waals surface area contributed by atoms with Crippen LogP contribution in [0.4, 0.5) is 17.1 Å². The van der Waals surface area contributed by atoms with E-state index in [0.717, 1.165) is 41.3 Å². The molecule has 0 bridgehead atoms. The summed E-state index contributed by atoms with van der Waals surface area (Å²) in [5, 5.41) is 5.07. The van der Waals surface area contributed by atoms with Crippen molar-refractivity contribution in [2.24, 2.45) is 0 Å². The lowest BCUT2D eigenvalue weighted by Gasteiger charge is -2.29. The summed E-state index contributed by atoms with van der Waals surface area (Å²) in [4.78, 5) is 2.39. The van der Waals surface area contributed by atoms with E-state index in [1.165, 1.54) is 71.4 Å². The van der Waals surface area contributed by atoms with Crippen LogP contribution in [0.1, 0.15) is 22.6 Å². The van der Waals surface area contributed by atoms with Crippen LogP contribution in [0, 0.1) is 0 Å². The molecule has 0 amide bonds. The summed E-state index contributed by atoms with van der Waals surface area (Å²) >= 11 is 0. The van der Waals surface area contributed by atoms with Gasteiger partial charge in [-0.2, -0.15) is 0 Å². The number of nitrogens with zero attached hydrogens (tertiary/aromatic N) is 3. The Morgan fingerprint density at radius 3 is 1.23 bits per heavy atom. The molecule has 0 N–H and O–H groups in total. The minimum Gasteiger partial charge on any atom is -0.311 e. The van der Waals surface area contributed by atoms with Gasteiger partial charge in [-0.3, -0.25) is 0 Å². The van der Waals surface area contributed by atoms with Crippen molar-refractivity contribution in [1.29, 1.82) is 0 Å². The second-order valence-corrected chi connectivity index (χ2v) is 16.1. The molecule has 2 aromatic heterocycles. The largest absolute Gasteiger partial charge is 0.311 e. The van der Waals surface area contributed by atoms with Crippen molar-refractivity contribution in [3.05, 3.63) is 235 Å². The maximum absolute atomic E-state index is 2.39. The number of rotatable bonds is 7. The molecule has 0 aliphatic heterocycles. The summed E-state index contributed by atoms with van der Waals surface area (Å²) in [5.74, 6) is 0.430. The number of benzene rings is 9. The maximum atomic E-state index is 2.39. The first kappa shape index (κ1) is 34.4. The Bertz CT molecular complexity index is 3100. The normalized spacial score (nSPS) is 13.5. The summed E-state index contributed by atoms with van der Waals surface area (Å²) in [6.45, 7) is 0. The van der Waals surface area contributed by atoms with E-state index in [0.29, 0.717) is 5.92 Å². The van der Waals surface area contributed by atoms with Crippen molar-refractivity contribution in [2.45, 2.75) is 18.8 Å². The molecule has 0 spiro atoms. The van der Waals surface area contributed by atoms with E-state index >= 15 is 0 Å². The Labute approximate surface area is 349 Å². The Hall–Kier alpha value is -7.62. The van der Waals surface area contributed by atoms with E-state index in [-0.39, 0.29) is 0 Å². The molecule has 2 heterocycles. The lowest BCUT2D eigenvalue weighted by molar-refractivity contribution is 0.673. The molecule has 1 aliphatic carbocycles. The number of anilines is 3. The van der Waals surface area contributed by atoms with Crippen LogP contribution in [0.2, 0.25) is 0 Å². The van der Waals surface area contributed by atoms with Crippen molar-refractivity contribution in [3.8, 4) is 22.5 Å². The molecule has 0 fully saturated rings. The second-order valence-electron chi connectivity index (χ2n) is 16.1. The van der Waals surface area contributed by atoms with Crippen LogP contribution in [-0.2, 0) is 12.8 Å². The molecule has 1 unspecified atom stereocenters. The van der Waals surface area contributed by atoms with Gasteiger partial charge in [0.05, 0.1) is 22.1 Å². The number of hydrogen-bond donors (Lipinski definition) is 0. The summed E-state index contributed by atoms with van der Waals surface area (Å²) in [6.07, 6.45) is 2.05.